The molecule has 124 valence electrons. The van der Waals surface area contributed by atoms with Gasteiger partial charge in [-0.25, -0.2) is 4.79 Å². The number of carbonyl (C=O) groups is 1. The lowest BCUT2D eigenvalue weighted by molar-refractivity contribution is 0.0691. The number of hydrogen-bond donors (Lipinski definition) is 3. The minimum absolute atomic E-state index is 0.0701. The van der Waals surface area contributed by atoms with Crippen LogP contribution in [0.15, 0.2) is 34.1 Å². The van der Waals surface area contributed by atoms with Crippen LogP contribution in [0.4, 0.5) is 0 Å². The number of fused-ring (bicyclic) bond motifs is 1. The Morgan fingerprint density at radius 3 is 2.00 bits per heavy atom. The van der Waals surface area contributed by atoms with Crippen molar-refractivity contribution in [3.05, 3.63) is 29.8 Å². The summed E-state index contributed by atoms with van der Waals surface area (Å²) in [6.07, 6.45) is 0. The molecule has 0 heterocycles. The lowest BCUT2D eigenvalue weighted by Gasteiger charge is -2.13. The van der Waals surface area contributed by atoms with Gasteiger partial charge in [0, 0.05) is 10.8 Å². The van der Waals surface area contributed by atoms with Crippen molar-refractivity contribution in [1.29, 1.82) is 0 Å². The van der Waals surface area contributed by atoms with Gasteiger partial charge in [-0.1, -0.05) is 12.1 Å². The molecule has 0 saturated heterocycles. The Morgan fingerprint density at radius 1 is 1.00 bits per heavy atom. The van der Waals surface area contributed by atoms with Gasteiger partial charge in [-0.2, -0.15) is 16.8 Å². The Bertz CT molecular complexity index is 1030. The van der Waals surface area contributed by atoms with E-state index in [4.69, 9.17) is 3.07 Å². The van der Waals surface area contributed by atoms with Crippen molar-refractivity contribution in [2.45, 2.75) is 9.79 Å². The monoisotopic (exact) mass is 474 g/mol. The van der Waals surface area contributed by atoms with Crippen molar-refractivity contribution in [1.82, 2.24) is 0 Å². The molecule has 0 aromatic heterocycles. The summed E-state index contributed by atoms with van der Waals surface area (Å²) in [7, 11) is -9.74. The summed E-state index contributed by atoms with van der Waals surface area (Å²) in [5.74, 6) is -2.18. The molecule has 0 aliphatic heterocycles. The van der Waals surface area contributed by atoms with E-state index < -0.39 is 47.3 Å². The minimum atomic E-state index is -5.01. The smallest absolute Gasteiger partial charge is 0.340 e. The fourth-order valence-corrected chi connectivity index (χ4v) is 3.91. The van der Waals surface area contributed by atoms with Crippen molar-refractivity contribution in [2.75, 3.05) is 0 Å². The molecule has 0 bridgehead atoms. The zero-order valence-electron chi connectivity index (χ0n) is 10.8. The first-order valence-corrected chi connectivity index (χ1v) is 9.31. The summed E-state index contributed by atoms with van der Waals surface area (Å²) >= 11 is 1.29. The molecule has 0 radical (unpaired) electrons. The third-order valence-corrected chi connectivity index (χ3v) is 5.14. The first kappa shape index (κ1) is 17.9. The number of carboxylic acid groups (broad SMARTS) is 1. The maximum atomic E-state index is 11.5. The van der Waals surface area contributed by atoms with Crippen molar-refractivity contribution in [2.24, 2.45) is 0 Å². The van der Waals surface area contributed by atoms with Gasteiger partial charge >= 0.3 is 5.97 Å². The molecule has 0 aliphatic carbocycles. The van der Waals surface area contributed by atoms with Gasteiger partial charge in [-0.05, 0) is 12.1 Å². The summed E-state index contributed by atoms with van der Waals surface area (Å²) < 4.78 is 69.0. The Morgan fingerprint density at radius 2 is 1.57 bits per heavy atom. The first-order valence-electron chi connectivity index (χ1n) is 5.55. The summed E-state index contributed by atoms with van der Waals surface area (Å²) in [6, 6.07) is 4.13. The molecule has 3 N–H and O–H groups in total. The van der Waals surface area contributed by atoms with Crippen LogP contribution in [0, 0.1) is 0 Å². The van der Waals surface area contributed by atoms with Gasteiger partial charge in [-0.3, -0.25) is 9.11 Å². The highest BCUT2D eigenvalue weighted by molar-refractivity contribution is 14.1. The number of halogens is 1. The summed E-state index contributed by atoms with van der Waals surface area (Å²) in [5, 5.41) is 8.81. The second-order valence-corrected chi connectivity index (χ2v) is 7.48. The van der Waals surface area contributed by atoms with Crippen LogP contribution in [0.5, 0.6) is 5.75 Å². The maximum absolute atomic E-state index is 11.5. The Hall–Kier alpha value is -1.48. The second kappa shape index (κ2) is 5.86. The van der Waals surface area contributed by atoms with E-state index in [0.29, 0.717) is 6.07 Å². The van der Waals surface area contributed by atoms with E-state index in [9.17, 15) is 35.8 Å². The van der Waals surface area contributed by atoms with Crippen LogP contribution in [-0.2, 0) is 20.2 Å². The number of hydrogen-bond acceptors (Lipinski definition) is 6. The predicted molar refractivity (Wildman–Crippen MR) is 85.2 cm³/mol. The van der Waals surface area contributed by atoms with Crippen molar-refractivity contribution in [3.8, 4) is 5.75 Å². The molecule has 0 spiro atoms. The summed E-state index contributed by atoms with van der Waals surface area (Å²) in [4.78, 5) is 9.63. The van der Waals surface area contributed by atoms with Crippen LogP contribution in [0.3, 0.4) is 0 Å². The van der Waals surface area contributed by atoms with Gasteiger partial charge in [0.2, 0.25) is 0 Å². The molecule has 2 rings (SSSR count). The topological polar surface area (TPSA) is 155 Å². The third-order valence-electron chi connectivity index (χ3n) is 2.91. The van der Waals surface area contributed by atoms with E-state index in [1.54, 1.807) is 0 Å². The van der Waals surface area contributed by atoms with E-state index in [1.165, 1.54) is 35.1 Å². The lowest BCUT2D eigenvalue weighted by Crippen LogP contribution is -2.11. The van der Waals surface area contributed by atoms with Crippen LogP contribution in [-0.4, -0.2) is 37.0 Å². The van der Waals surface area contributed by atoms with Crippen molar-refractivity contribution in [3.63, 3.8) is 0 Å². The maximum Gasteiger partial charge on any atom is 0.340 e. The molecule has 0 atom stereocenters. The van der Waals surface area contributed by atoms with Crippen molar-refractivity contribution >= 4 is 60.0 Å². The van der Waals surface area contributed by atoms with Gasteiger partial charge in [-0.15, -0.1) is 0 Å². The quantitative estimate of drug-likeness (QED) is 0.444. The number of carboxylic acids is 1. The van der Waals surface area contributed by atoms with Crippen LogP contribution < -0.4 is 3.07 Å². The molecule has 2 aromatic rings. The largest absolute Gasteiger partial charge is 0.478 e. The van der Waals surface area contributed by atoms with Gasteiger partial charge in [0.25, 0.3) is 20.2 Å². The van der Waals surface area contributed by atoms with Crippen LogP contribution in [0.1, 0.15) is 10.4 Å². The van der Waals surface area contributed by atoms with Crippen LogP contribution in [0.2, 0.25) is 0 Å². The molecule has 9 nitrogen and oxygen atoms in total. The van der Waals surface area contributed by atoms with E-state index >= 15 is 0 Å². The molecular formula is C11H7IO9S2. The molecule has 0 unspecified atom stereocenters. The fraction of sp³-hybridized carbons (Fsp3) is 0. The molecule has 2 aromatic carbocycles. The first-order chi connectivity index (χ1) is 10.5. The number of benzene rings is 2. The normalized spacial score (nSPS) is 12.3. The predicted octanol–water partition coefficient (Wildman–Crippen LogP) is 1.76. The van der Waals surface area contributed by atoms with Crippen LogP contribution >= 0.6 is 23.0 Å². The third kappa shape index (κ3) is 3.25. The average Bonchev–Trinajstić information content (AvgIpc) is 2.42. The van der Waals surface area contributed by atoms with Crippen molar-refractivity contribution < 1.29 is 38.9 Å². The number of aromatic carboxylic acids is 1. The fourth-order valence-electron chi connectivity index (χ4n) is 2.05. The number of rotatable bonds is 4. The Labute approximate surface area is 144 Å². The average molecular weight is 474 g/mol. The molecule has 0 fully saturated rings. The van der Waals surface area contributed by atoms with E-state index in [1.807, 2.05) is 0 Å². The summed E-state index contributed by atoms with van der Waals surface area (Å²) in [5.41, 5.74) is -0.859. The highest BCUT2D eigenvalue weighted by Crippen LogP contribution is 2.38. The minimum Gasteiger partial charge on any atom is -0.478 e. The highest BCUT2D eigenvalue weighted by atomic mass is 127. The van der Waals surface area contributed by atoms with Gasteiger partial charge in [0.15, 0.2) is 28.8 Å². The lowest BCUT2D eigenvalue weighted by atomic mass is 10.1. The van der Waals surface area contributed by atoms with E-state index in [2.05, 4.69) is 0 Å². The second-order valence-electron chi connectivity index (χ2n) is 4.26. The Balaban J connectivity index is 3.19. The zero-order valence-corrected chi connectivity index (χ0v) is 14.6. The van der Waals surface area contributed by atoms with Gasteiger partial charge in [0.05, 0.1) is 0 Å². The molecule has 0 saturated carbocycles. The van der Waals surface area contributed by atoms with Gasteiger partial charge < -0.3 is 8.17 Å². The summed E-state index contributed by atoms with van der Waals surface area (Å²) in [6.45, 7) is 0. The van der Waals surface area contributed by atoms with Gasteiger partial charge in [0.1, 0.15) is 15.4 Å². The molecular weight excluding hydrogens is 467 g/mol. The molecule has 23 heavy (non-hydrogen) atoms. The SMILES string of the molecule is O=C(O)c1c(S(=O)(=O)O)cc2c(S(=O)(=O)O)cccc2c1OI. The highest BCUT2D eigenvalue weighted by Gasteiger charge is 2.29. The molecule has 0 aliphatic rings. The van der Waals surface area contributed by atoms with E-state index in [-0.39, 0.29) is 10.8 Å². The Kier molecular flexibility index (Phi) is 4.55. The standard InChI is InChI=1S/C11H7IO9S2/c12-21-10-5-2-1-3-7(22(15,16)17)6(5)4-8(23(18,19)20)9(10)11(13)14/h1-4H,(H,13,14)(H,15,16,17)(H,18,19,20). The zero-order chi connectivity index (χ0) is 17.6. The van der Waals surface area contributed by atoms with E-state index in [0.717, 1.165) is 6.07 Å². The molecule has 12 heteroatoms. The molecule has 0 amide bonds. The van der Waals surface area contributed by atoms with Crippen LogP contribution in [0.25, 0.3) is 10.8 Å².